The number of aromatic nitrogens is 3. The minimum atomic E-state index is -0.939. The first kappa shape index (κ1) is 12.2. The van der Waals surface area contributed by atoms with Crippen LogP contribution < -0.4 is 5.56 Å². The number of nitrogens with zero attached hydrogens (tertiary/aromatic N) is 3. The van der Waals surface area contributed by atoms with Gasteiger partial charge >= 0.3 is 5.97 Å². The fourth-order valence-corrected chi connectivity index (χ4v) is 1.81. The number of carbonyl (C=O) groups is 1. The summed E-state index contributed by atoms with van der Waals surface area (Å²) in [5.41, 5.74) is 1.16. The third-order valence-electron chi connectivity index (χ3n) is 2.66. The van der Waals surface area contributed by atoms with Crippen molar-refractivity contribution in [1.82, 2.24) is 14.5 Å². The smallest absolute Gasteiger partial charge is 0.303 e. The predicted molar refractivity (Wildman–Crippen MR) is 65.4 cm³/mol. The van der Waals surface area contributed by atoms with Gasteiger partial charge in [0.05, 0.1) is 6.42 Å². The highest BCUT2D eigenvalue weighted by Crippen LogP contribution is 2.07. The van der Waals surface area contributed by atoms with Gasteiger partial charge in [0.2, 0.25) is 0 Å². The standard InChI is InChI=1S/C12H13N3O3/c1-2-15-11-8(4-3-7-13-11)14-9(12(15)18)5-6-10(16)17/h3-4,7H,2,5-6H2,1H3,(H,16,17). The van der Waals surface area contributed by atoms with Gasteiger partial charge in [-0.15, -0.1) is 0 Å². The largest absolute Gasteiger partial charge is 0.481 e. The van der Waals surface area contributed by atoms with Crippen molar-refractivity contribution in [2.24, 2.45) is 0 Å². The molecule has 0 radical (unpaired) electrons. The van der Waals surface area contributed by atoms with E-state index in [2.05, 4.69) is 9.97 Å². The predicted octanol–water partition coefficient (Wildman–Crippen LogP) is 0.829. The van der Waals surface area contributed by atoms with E-state index in [0.717, 1.165) is 0 Å². The molecule has 1 N–H and O–H groups in total. The Morgan fingerprint density at radius 3 is 2.94 bits per heavy atom. The molecule has 6 nitrogen and oxygen atoms in total. The van der Waals surface area contributed by atoms with Crippen molar-refractivity contribution in [2.75, 3.05) is 0 Å². The quantitative estimate of drug-likeness (QED) is 0.864. The number of hydrogen-bond donors (Lipinski definition) is 1. The Kier molecular flexibility index (Phi) is 3.36. The second-order valence-electron chi connectivity index (χ2n) is 3.85. The van der Waals surface area contributed by atoms with E-state index in [1.165, 1.54) is 4.57 Å². The molecule has 0 saturated carbocycles. The van der Waals surface area contributed by atoms with Crippen LogP contribution in [0.4, 0.5) is 0 Å². The Morgan fingerprint density at radius 2 is 2.28 bits per heavy atom. The highest BCUT2D eigenvalue weighted by Gasteiger charge is 2.11. The first-order valence-electron chi connectivity index (χ1n) is 5.69. The van der Waals surface area contributed by atoms with Crippen molar-refractivity contribution < 1.29 is 9.90 Å². The van der Waals surface area contributed by atoms with Gasteiger partial charge in [-0.2, -0.15) is 0 Å². The summed E-state index contributed by atoms with van der Waals surface area (Å²) < 4.78 is 1.51. The van der Waals surface area contributed by atoms with Gasteiger partial charge in [0.15, 0.2) is 5.65 Å². The molecule has 0 aliphatic rings. The van der Waals surface area contributed by atoms with Gasteiger partial charge in [0.1, 0.15) is 11.2 Å². The van der Waals surface area contributed by atoms with E-state index >= 15 is 0 Å². The Bertz CT molecular complexity index is 649. The summed E-state index contributed by atoms with van der Waals surface area (Å²) in [5.74, 6) is -0.939. The molecule has 2 rings (SSSR count). The normalized spacial score (nSPS) is 10.7. The number of aliphatic carboxylic acids is 1. The lowest BCUT2D eigenvalue weighted by molar-refractivity contribution is -0.136. The number of aryl methyl sites for hydroxylation is 2. The lowest BCUT2D eigenvalue weighted by Crippen LogP contribution is -2.26. The van der Waals surface area contributed by atoms with Crippen LogP contribution in [-0.4, -0.2) is 25.6 Å². The van der Waals surface area contributed by atoms with Gasteiger partial charge in [-0.1, -0.05) is 0 Å². The molecule has 0 spiro atoms. The van der Waals surface area contributed by atoms with E-state index in [9.17, 15) is 9.59 Å². The summed E-state index contributed by atoms with van der Waals surface area (Å²) in [6.45, 7) is 2.32. The summed E-state index contributed by atoms with van der Waals surface area (Å²) in [5, 5.41) is 8.66. The van der Waals surface area contributed by atoms with Crippen molar-refractivity contribution in [1.29, 1.82) is 0 Å². The first-order valence-corrected chi connectivity index (χ1v) is 5.69. The fraction of sp³-hybridized carbons (Fsp3) is 0.333. The second kappa shape index (κ2) is 4.95. The molecule has 0 atom stereocenters. The van der Waals surface area contributed by atoms with Gasteiger partial charge in [0, 0.05) is 19.2 Å². The summed E-state index contributed by atoms with van der Waals surface area (Å²) in [4.78, 5) is 31.0. The van der Waals surface area contributed by atoms with Crippen LogP contribution in [0.2, 0.25) is 0 Å². The summed E-state index contributed by atoms with van der Waals surface area (Å²) in [6.07, 6.45) is 1.64. The number of hydrogen-bond acceptors (Lipinski definition) is 4. The van der Waals surface area contributed by atoms with E-state index in [1.54, 1.807) is 18.3 Å². The Hall–Kier alpha value is -2.24. The van der Waals surface area contributed by atoms with Gasteiger partial charge in [-0.25, -0.2) is 9.97 Å². The molecule has 0 aliphatic heterocycles. The van der Waals surface area contributed by atoms with Crippen LogP contribution in [-0.2, 0) is 17.8 Å². The lowest BCUT2D eigenvalue weighted by atomic mass is 10.2. The zero-order valence-electron chi connectivity index (χ0n) is 9.96. The van der Waals surface area contributed by atoms with Gasteiger partial charge in [-0.3, -0.25) is 14.2 Å². The number of carboxylic acids is 1. The number of pyridine rings is 1. The Balaban J connectivity index is 2.58. The molecule has 0 fully saturated rings. The maximum atomic E-state index is 12.1. The highest BCUT2D eigenvalue weighted by molar-refractivity contribution is 5.70. The summed E-state index contributed by atoms with van der Waals surface area (Å²) in [7, 11) is 0. The molecule has 0 aliphatic carbocycles. The molecule has 0 saturated heterocycles. The molecule has 0 bridgehead atoms. The molecule has 2 aromatic heterocycles. The van der Waals surface area contributed by atoms with Crippen molar-refractivity contribution in [3.05, 3.63) is 34.4 Å². The monoisotopic (exact) mass is 247 g/mol. The summed E-state index contributed by atoms with van der Waals surface area (Å²) in [6, 6.07) is 3.50. The van der Waals surface area contributed by atoms with E-state index in [1.807, 2.05) is 6.92 Å². The minimum Gasteiger partial charge on any atom is -0.481 e. The molecular formula is C12H13N3O3. The molecule has 2 heterocycles. The Labute approximate surface area is 103 Å². The number of fused-ring (bicyclic) bond motifs is 1. The van der Waals surface area contributed by atoms with Crippen LogP contribution in [0.15, 0.2) is 23.1 Å². The van der Waals surface area contributed by atoms with Gasteiger partial charge in [0.25, 0.3) is 5.56 Å². The van der Waals surface area contributed by atoms with E-state index in [4.69, 9.17) is 5.11 Å². The zero-order valence-corrected chi connectivity index (χ0v) is 9.96. The number of rotatable bonds is 4. The topological polar surface area (TPSA) is 85.1 Å². The van der Waals surface area contributed by atoms with Crippen LogP contribution in [0.5, 0.6) is 0 Å². The van der Waals surface area contributed by atoms with Crippen LogP contribution >= 0.6 is 0 Å². The molecule has 6 heteroatoms. The van der Waals surface area contributed by atoms with E-state index in [-0.39, 0.29) is 24.1 Å². The molecule has 18 heavy (non-hydrogen) atoms. The maximum absolute atomic E-state index is 12.1. The van der Waals surface area contributed by atoms with Crippen LogP contribution in [0.1, 0.15) is 19.0 Å². The maximum Gasteiger partial charge on any atom is 0.303 e. The summed E-state index contributed by atoms with van der Waals surface area (Å²) >= 11 is 0. The molecule has 0 unspecified atom stereocenters. The van der Waals surface area contributed by atoms with Crippen molar-refractivity contribution >= 4 is 17.1 Å². The SMILES string of the molecule is CCn1c(=O)c(CCC(=O)O)nc2cccnc21. The average molecular weight is 247 g/mol. The minimum absolute atomic E-state index is 0.0995. The lowest BCUT2D eigenvalue weighted by Gasteiger charge is -2.08. The van der Waals surface area contributed by atoms with Crippen molar-refractivity contribution in [3.63, 3.8) is 0 Å². The van der Waals surface area contributed by atoms with Crippen LogP contribution in [0.25, 0.3) is 11.2 Å². The van der Waals surface area contributed by atoms with Crippen LogP contribution in [0.3, 0.4) is 0 Å². The molecule has 2 aromatic rings. The van der Waals surface area contributed by atoms with Crippen LogP contribution in [0, 0.1) is 0 Å². The molecule has 94 valence electrons. The molecule has 0 aromatic carbocycles. The second-order valence-corrected chi connectivity index (χ2v) is 3.85. The zero-order chi connectivity index (χ0) is 13.1. The third kappa shape index (κ3) is 2.22. The fourth-order valence-electron chi connectivity index (χ4n) is 1.81. The number of carboxylic acid groups (broad SMARTS) is 1. The van der Waals surface area contributed by atoms with Crippen molar-refractivity contribution in [3.8, 4) is 0 Å². The van der Waals surface area contributed by atoms with Gasteiger partial charge in [-0.05, 0) is 19.1 Å². The molecular weight excluding hydrogens is 234 g/mol. The first-order chi connectivity index (χ1) is 8.63. The average Bonchev–Trinajstić information content (AvgIpc) is 2.36. The third-order valence-corrected chi connectivity index (χ3v) is 2.66. The van der Waals surface area contributed by atoms with E-state index in [0.29, 0.717) is 17.7 Å². The van der Waals surface area contributed by atoms with Gasteiger partial charge < -0.3 is 5.11 Å². The van der Waals surface area contributed by atoms with Crippen molar-refractivity contribution in [2.45, 2.75) is 26.3 Å². The Morgan fingerprint density at radius 1 is 1.50 bits per heavy atom. The van der Waals surface area contributed by atoms with E-state index < -0.39 is 5.97 Å². The highest BCUT2D eigenvalue weighted by atomic mass is 16.4. The molecule has 0 amide bonds.